The lowest BCUT2D eigenvalue weighted by atomic mass is 10.1. The summed E-state index contributed by atoms with van der Waals surface area (Å²) in [5, 5.41) is 11.8. The summed E-state index contributed by atoms with van der Waals surface area (Å²) in [4.78, 5) is 16.9. The molecule has 8 heteroatoms. The Labute approximate surface area is 165 Å². The van der Waals surface area contributed by atoms with Crippen LogP contribution in [0.2, 0.25) is 0 Å². The number of aryl methyl sites for hydroxylation is 1. The summed E-state index contributed by atoms with van der Waals surface area (Å²) >= 11 is 1.58. The molecule has 0 bridgehead atoms. The van der Waals surface area contributed by atoms with Crippen LogP contribution in [0.15, 0.2) is 24.3 Å². The van der Waals surface area contributed by atoms with Crippen molar-refractivity contribution >= 4 is 17.7 Å². The molecule has 1 aromatic carbocycles. The van der Waals surface area contributed by atoms with Crippen LogP contribution in [-0.2, 0) is 17.1 Å². The third kappa shape index (κ3) is 5.52. The van der Waals surface area contributed by atoms with Gasteiger partial charge in [0, 0.05) is 32.7 Å². The largest absolute Gasteiger partial charge is 0.339 e. The molecule has 1 aliphatic rings. The topological polar surface area (TPSA) is 67.2 Å². The summed E-state index contributed by atoms with van der Waals surface area (Å²) in [6.07, 6.45) is 0. The van der Waals surface area contributed by atoms with Gasteiger partial charge in [-0.25, -0.2) is 4.68 Å². The number of thioether (sulfide) groups is 1. The zero-order valence-corrected chi connectivity index (χ0v) is 17.2. The molecule has 1 fully saturated rings. The molecule has 2 heterocycles. The molecular formula is C19H28N6OS. The van der Waals surface area contributed by atoms with Gasteiger partial charge in [0.2, 0.25) is 5.91 Å². The minimum Gasteiger partial charge on any atom is -0.339 e. The highest BCUT2D eigenvalue weighted by atomic mass is 32.2. The smallest absolute Gasteiger partial charge is 0.232 e. The number of piperazine rings is 1. The highest BCUT2D eigenvalue weighted by Gasteiger charge is 2.21. The van der Waals surface area contributed by atoms with Crippen LogP contribution in [0.4, 0.5) is 0 Å². The maximum atomic E-state index is 12.5. The van der Waals surface area contributed by atoms with Crippen LogP contribution in [0.3, 0.4) is 0 Å². The van der Waals surface area contributed by atoms with Crippen LogP contribution < -0.4 is 0 Å². The summed E-state index contributed by atoms with van der Waals surface area (Å²) in [5.74, 6) is 2.16. The summed E-state index contributed by atoms with van der Waals surface area (Å²) < 4.78 is 1.81. The van der Waals surface area contributed by atoms with Crippen LogP contribution in [-0.4, -0.2) is 67.8 Å². The molecule has 1 saturated heterocycles. The Kier molecular flexibility index (Phi) is 6.84. The number of aromatic nitrogens is 4. The molecule has 0 unspecified atom stereocenters. The van der Waals surface area contributed by atoms with Crippen molar-refractivity contribution in [3.63, 3.8) is 0 Å². The SMILES string of the molecule is Cc1ccc(CN2CCN(C(=O)CSCc3nnnn3C(C)C)CC2)cc1. The average molecular weight is 389 g/mol. The second kappa shape index (κ2) is 9.32. The number of carbonyl (C=O) groups is 1. The zero-order valence-electron chi connectivity index (χ0n) is 16.3. The zero-order chi connectivity index (χ0) is 19.2. The number of nitrogens with zero attached hydrogens (tertiary/aromatic N) is 6. The molecular weight excluding hydrogens is 360 g/mol. The van der Waals surface area contributed by atoms with Crippen LogP contribution in [0.25, 0.3) is 0 Å². The van der Waals surface area contributed by atoms with Crippen molar-refractivity contribution in [3.05, 3.63) is 41.2 Å². The molecule has 0 N–H and O–H groups in total. The lowest BCUT2D eigenvalue weighted by Gasteiger charge is -2.34. The summed E-state index contributed by atoms with van der Waals surface area (Å²) in [6.45, 7) is 10.6. The number of amides is 1. The predicted octanol–water partition coefficient (Wildman–Crippen LogP) is 2.14. The number of hydrogen-bond acceptors (Lipinski definition) is 6. The van der Waals surface area contributed by atoms with Crippen molar-refractivity contribution in [2.45, 2.75) is 39.1 Å². The number of hydrogen-bond donors (Lipinski definition) is 0. The molecule has 0 aliphatic carbocycles. The molecule has 0 saturated carbocycles. The monoisotopic (exact) mass is 388 g/mol. The Morgan fingerprint density at radius 3 is 2.52 bits per heavy atom. The van der Waals surface area contributed by atoms with Crippen molar-refractivity contribution in [1.29, 1.82) is 0 Å². The Morgan fingerprint density at radius 2 is 1.85 bits per heavy atom. The third-order valence-electron chi connectivity index (χ3n) is 4.76. The van der Waals surface area contributed by atoms with Gasteiger partial charge in [-0.05, 0) is 36.8 Å². The first-order valence-electron chi connectivity index (χ1n) is 9.43. The minimum atomic E-state index is 0.207. The van der Waals surface area contributed by atoms with Crippen LogP contribution in [0.1, 0.15) is 36.8 Å². The number of benzene rings is 1. The lowest BCUT2D eigenvalue weighted by molar-refractivity contribution is -0.130. The second-order valence-corrected chi connectivity index (χ2v) is 8.25. The normalized spacial score (nSPS) is 15.5. The van der Waals surface area contributed by atoms with Gasteiger partial charge in [-0.15, -0.1) is 16.9 Å². The highest BCUT2D eigenvalue weighted by Crippen LogP contribution is 2.15. The van der Waals surface area contributed by atoms with E-state index in [2.05, 4.69) is 51.6 Å². The Morgan fingerprint density at radius 1 is 1.15 bits per heavy atom. The summed E-state index contributed by atoms with van der Waals surface area (Å²) in [6, 6.07) is 8.92. The lowest BCUT2D eigenvalue weighted by Crippen LogP contribution is -2.48. The summed E-state index contributed by atoms with van der Waals surface area (Å²) in [7, 11) is 0. The van der Waals surface area contributed by atoms with E-state index in [4.69, 9.17) is 0 Å². The number of carbonyl (C=O) groups excluding carboxylic acids is 1. The first-order chi connectivity index (χ1) is 13.0. The van der Waals surface area contributed by atoms with Gasteiger partial charge in [0.25, 0.3) is 0 Å². The molecule has 7 nitrogen and oxygen atoms in total. The van der Waals surface area contributed by atoms with Gasteiger partial charge in [-0.1, -0.05) is 29.8 Å². The second-order valence-electron chi connectivity index (χ2n) is 7.27. The van der Waals surface area contributed by atoms with E-state index in [0.717, 1.165) is 38.5 Å². The molecule has 2 aromatic rings. The Bertz CT molecular complexity index is 737. The molecule has 1 aromatic heterocycles. The van der Waals surface area contributed by atoms with Crippen molar-refractivity contribution in [2.75, 3.05) is 31.9 Å². The van der Waals surface area contributed by atoms with E-state index < -0.39 is 0 Å². The molecule has 1 aliphatic heterocycles. The van der Waals surface area contributed by atoms with Crippen molar-refractivity contribution in [3.8, 4) is 0 Å². The molecule has 0 radical (unpaired) electrons. The van der Waals surface area contributed by atoms with Crippen molar-refractivity contribution in [2.24, 2.45) is 0 Å². The first kappa shape index (κ1) is 19.8. The minimum absolute atomic E-state index is 0.207. The maximum absolute atomic E-state index is 12.5. The number of tetrazole rings is 1. The molecule has 0 atom stereocenters. The van der Waals surface area contributed by atoms with Crippen LogP contribution in [0, 0.1) is 6.92 Å². The van der Waals surface area contributed by atoms with E-state index in [1.54, 1.807) is 16.4 Å². The molecule has 27 heavy (non-hydrogen) atoms. The fraction of sp³-hybridized carbons (Fsp3) is 0.579. The van der Waals surface area contributed by atoms with E-state index in [1.165, 1.54) is 11.1 Å². The molecule has 1 amide bonds. The van der Waals surface area contributed by atoms with Crippen molar-refractivity contribution in [1.82, 2.24) is 30.0 Å². The molecule has 0 spiro atoms. The standard InChI is InChI=1S/C19H28N6OS/c1-15(2)25-18(20-21-22-25)13-27-14-19(26)24-10-8-23(9-11-24)12-17-6-4-16(3)5-7-17/h4-7,15H,8-14H2,1-3H3. The van der Waals surface area contributed by atoms with Crippen molar-refractivity contribution < 1.29 is 4.79 Å². The number of rotatable bonds is 7. The van der Waals surface area contributed by atoms with Gasteiger partial charge < -0.3 is 4.90 Å². The third-order valence-corrected chi connectivity index (χ3v) is 5.67. The quantitative estimate of drug-likeness (QED) is 0.724. The van der Waals surface area contributed by atoms with E-state index >= 15 is 0 Å². The van der Waals surface area contributed by atoms with Gasteiger partial charge in [0.1, 0.15) is 0 Å². The average Bonchev–Trinajstić information content (AvgIpc) is 3.13. The highest BCUT2D eigenvalue weighted by molar-refractivity contribution is 7.99. The fourth-order valence-corrected chi connectivity index (χ4v) is 3.97. The predicted molar refractivity (Wildman–Crippen MR) is 107 cm³/mol. The van der Waals surface area contributed by atoms with Gasteiger partial charge >= 0.3 is 0 Å². The summed E-state index contributed by atoms with van der Waals surface area (Å²) in [5.41, 5.74) is 2.62. The first-order valence-corrected chi connectivity index (χ1v) is 10.6. The van der Waals surface area contributed by atoms with Gasteiger partial charge in [0.05, 0.1) is 17.5 Å². The van der Waals surface area contributed by atoms with E-state index in [0.29, 0.717) is 11.5 Å². The van der Waals surface area contributed by atoms with E-state index in [1.807, 2.05) is 18.7 Å². The van der Waals surface area contributed by atoms with E-state index in [-0.39, 0.29) is 11.9 Å². The van der Waals surface area contributed by atoms with Gasteiger partial charge in [-0.2, -0.15) is 0 Å². The Balaban J connectivity index is 1.39. The molecule has 146 valence electrons. The Hall–Kier alpha value is -1.93. The maximum Gasteiger partial charge on any atom is 0.232 e. The van der Waals surface area contributed by atoms with Crippen LogP contribution >= 0.6 is 11.8 Å². The van der Waals surface area contributed by atoms with E-state index in [9.17, 15) is 4.79 Å². The van der Waals surface area contributed by atoms with Gasteiger partial charge in [-0.3, -0.25) is 9.69 Å². The molecule has 3 rings (SSSR count). The van der Waals surface area contributed by atoms with Gasteiger partial charge in [0.15, 0.2) is 5.82 Å². The van der Waals surface area contributed by atoms with Crippen LogP contribution in [0.5, 0.6) is 0 Å². The fourth-order valence-electron chi connectivity index (χ4n) is 3.14.